The average molecular weight is 275 g/mol. The molecule has 0 spiro atoms. The first-order chi connectivity index (χ1) is 7.78. The van der Waals surface area contributed by atoms with E-state index in [0.717, 1.165) is 4.47 Å². The number of aromatic nitrogens is 1. The van der Waals surface area contributed by atoms with Crippen LogP contribution in [0.25, 0.3) is 0 Å². The molecule has 78 valence electrons. The third kappa shape index (κ3) is 2.59. The maximum Gasteiger partial charge on any atom is 0.219 e. The van der Waals surface area contributed by atoms with E-state index in [-0.39, 0.29) is 0 Å². The van der Waals surface area contributed by atoms with Crippen molar-refractivity contribution < 1.29 is 4.74 Å². The van der Waals surface area contributed by atoms with E-state index in [4.69, 9.17) is 10.00 Å². The monoisotopic (exact) mass is 274 g/mol. The zero-order chi connectivity index (χ0) is 11.4. The molecule has 0 fully saturated rings. The van der Waals surface area contributed by atoms with Gasteiger partial charge >= 0.3 is 0 Å². The SMILES string of the molecule is N#Cc1cccc(Oc2ccc(Br)cn2)c1. The van der Waals surface area contributed by atoms with Gasteiger partial charge in [-0.05, 0) is 40.2 Å². The van der Waals surface area contributed by atoms with Crippen LogP contribution in [-0.2, 0) is 0 Å². The van der Waals surface area contributed by atoms with Crippen LogP contribution in [0, 0.1) is 11.3 Å². The second-order valence-electron chi connectivity index (χ2n) is 3.06. The molecule has 0 saturated carbocycles. The van der Waals surface area contributed by atoms with E-state index in [9.17, 15) is 0 Å². The van der Waals surface area contributed by atoms with Crippen molar-refractivity contribution in [3.05, 3.63) is 52.6 Å². The molecule has 0 aliphatic carbocycles. The lowest BCUT2D eigenvalue weighted by molar-refractivity contribution is 0.462. The largest absolute Gasteiger partial charge is 0.439 e. The molecule has 0 N–H and O–H groups in total. The van der Waals surface area contributed by atoms with Crippen molar-refractivity contribution in [1.82, 2.24) is 4.98 Å². The van der Waals surface area contributed by atoms with E-state index >= 15 is 0 Å². The van der Waals surface area contributed by atoms with Gasteiger partial charge in [-0.1, -0.05) is 6.07 Å². The van der Waals surface area contributed by atoms with Gasteiger partial charge in [0, 0.05) is 16.7 Å². The first-order valence-corrected chi connectivity index (χ1v) is 5.37. The molecule has 2 rings (SSSR count). The van der Waals surface area contributed by atoms with Gasteiger partial charge in [-0.15, -0.1) is 0 Å². The molecule has 0 atom stereocenters. The third-order valence-electron chi connectivity index (χ3n) is 1.89. The third-order valence-corrected chi connectivity index (χ3v) is 2.35. The van der Waals surface area contributed by atoms with Crippen LogP contribution in [0.15, 0.2) is 47.1 Å². The Balaban J connectivity index is 2.21. The van der Waals surface area contributed by atoms with Gasteiger partial charge in [0.15, 0.2) is 0 Å². The number of nitrogens with zero attached hydrogens (tertiary/aromatic N) is 2. The number of hydrogen-bond donors (Lipinski definition) is 0. The summed E-state index contributed by atoms with van der Waals surface area (Å²) in [6, 6.07) is 12.6. The highest BCUT2D eigenvalue weighted by molar-refractivity contribution is 9.10. The van der Waals surface area contributed by atoms with Crippen molar-refractivity contribution in [2.45, 2.75) is 0 Å². The van der Waals surface area contributed by atoms with E-state index in [1.807, 2.05) is 6.07 Å². The Morgan fingerprint density at radius 3 is 2.81 bits per heavy atom. The zero-order valence-corrected chi connectivity index (χ0v) is 9.81. The lowest BCUT2D eigenvalue weighted by Crippen LogP contribution is -1.87. The van der Waals surface area contributed by atoms with Crippen molar-refractivity contribution in [1.29, 1.82) is 5.26 Å². The fraction of sp³-hybridized carbons (Fsp3) is 0. The van der Waals surface area contributed by atoms with Crippen LogP contribution >= 0.6 is 15.9 Å². The van der Waals surface area contributed by atoms with Gasteiger partial charge in [-0.3, -0.25) is 0 Å². The molecule has 0 saturated heterocycles. The minimum Gasteiger partial charge on any atom is -0.439 e. The first-order valence-electron chi connectivity index (χ1n) is 4.57. The molecule has 3 nitrogen and oxygen atoms in total. The molecule has 1 aromatic carbocycles. The molecule has 4 heteroatoms. The van der Waals surface area contributed by atoms with Crippen molar-refractivity contribution in [2.24, 2.45) is 0 Å². The highest BCUT2D eigenvalue weighted by Gasteiger charge is 1.99. The second-order valence-corrected chi connectivity index (χ2v) is 3.97. The van der Waals surface area contributed by atoms with Crippen molar-refractivity contribution in [2.75, 3.05) is 0 Å². The van der Waals surface area contributed by atoms with Crippen molar-refractivity contribution in [3.63, 3.8) is 0 Å². The van der Waals surface area contributed by atoms with Crippen LogP contribution in [0.5, 0.6) is 11.6 Å². The van der Waals surface area contributed by atoms with Crippen molar-refractivity contribution >= 4 is 15.9 Å². The number of ether oxygens (including phenoxy) is 1. The molecule has 0 aliphatic heterocycles. The normalized spacial score (nSPS) is 9.50. The maximum atomic E-state index is 8.74. The number of nitriles is 1. The fourth-order valence-electron chi connectivity index (χ4n) is 1.17. The molecule has 16 heavy (non-hydrogen) atoms. The van der Waals surface area contributed by atoms with Crippen LogP contribution in [-0.4, -0.2) is 4.98 Å². The Kier molecular flexibility index (Phi) is 3.18. The molecule has 2 aromatic rings. The van der Waals surface area contributed by atoms with Crippen LogP contribution in [0.2, 0.25) is 0 Å². The van der Waals surface area contributed by atoms with E-state index < -0.39 is 0 Å². The predicted molar refractivity (Wildman–Crippen MR) is 63.2 cm³/mol. The number of rotatable bonds is 2. The van der Waals surface area contributed by atoms with Crippen LogP contribution < -0.4 is 4.74 Å². The quantitative estimate of drug-likeness (QED) is 0.842. The second kappa shape index (κ2) is 4.77. The maximum absolute atomic E-state index is 8.74. The topological polar surface area (TPSA) is 45.9 Å². The average Bonchev–Trinajstić information content (AvgIpc) is 2.32. The summed E-state index contributed by atoms with van der Waals surface area (Å²) in [6.07, 6.45) is 1.66. The minimum absolute atomic E-state index is 0.498. The molecule has 0 unspecified atom stereocenters. The Morgan fingerprint density at radius 2 is 2.12 bits per heavy atom. The summed E-state index contributed by atoms with van der Waals surface area (Å²) in [7, 11) is 0. The van der Waals surface area contributed by atoms with Gasteiger partial charge in [-0.25, -0.2) is 4.98 Å². The Labute approximate surface area is 101 Å². The Bertz CT molecular complexity index is 531. The van der Waals surface area contributed by atoms with Crippen molar-refractivity contribution in [3.8, 4) is 17.7 Å². The summed E-state index contributed by atoms with van der Waals surface area (Å²) in [4.78, 5) is 4.08. The summed E-state index contributed by atoms with van der Waals surface area (Å²) in [5.41, 5.74) is 0.564. The minimum atomic E-state index is 0.498. The number of halogens is 1. The highest BCUT2D eigenvalue weighted by atomic mass is 79.9. The van der Waals surface area contributed by atoms with E-state index in [1.165, 1.54) is 0 Å². The predicted octanol–water partition coefficient (Wildman–Crippen LogP) is 3.51. The van der Waals surface area contributed by atoms with Gasteiger partial charge in [0.1, 0.15) is 5.75 Å². The van der Waals surface area contributed by atoms with Crippen LogP contribution in [0.1, 0.15) is 5.56 Å². The lowest BCUT2D eigenvalue weighted by Gasteiger charge is -2.04. The molecule has 0 radical (unpaired) electrons. The first kappa shape index (κ1) is 10.7. The number of pyridine rings is 1. The van der Waals surface area contributed by atoms with Gasteiger partial charge in [0.25, 0.3) is 0 Å². The van der Waals surface area contributed by atoms with Gasteiger partial charge in [0.2, 0.25) is 5.88 Å². The molecule has 0 aliphatic rings. The molecule has 1 heterocycles. The standard InChI is InChI=1S/C12H7BrN2O/c13-10-4-5-12(15-8-10)16-11-3-1-2-9(6-11)7-14/h1-6,8H. The summed E-state index contributed by atoms with van der Waals surface area (Å²) in [6.45, 7) is 0. The fourth-order valence-corrected chi connectivity index (χ4v) is 1.41. The highest BCUT2D eigenvalue weighted by Crippen LogP contribution is 2.21. The van der Waals surface area contributed by atoms with Gasteiger partial charge in [0.05, 0.1) is 11.6 Å². The zero-order valence-electron chi connectivity index (χ0n) is 8.22. The number of benzene rings is 1. The molecular weight excluding hydrogens is 268 g/mol. The van der Waals surface area contributed by atoms with Gasteiger partial charge < -0.3 is 4.74 Å². The van der Waals surface area contributed by atoms with E-state index in [0.29, 0.717) is 17.2 Å². The van der Waals surface area contributed by atoms with Crippen LogP contribution in [0.3, 0.4) is 0 Å². The molecule has 1 aromatic heterocycles. The van der Waals surface area contributed by atoms with Gasteiger partial charge in [-0.2, -0.15) is 5.26 Å². The van der Waals surface area contributed by atoms with E-state index in [1.54, 1.807) is 36.5 Å². The summed E-state index contributed by atoms with van der Waals surface area (Å²) in [5.74, 6) is 1.10. The lowest BCUT2D eigenvalue weighted by atomic mass is 10.2. The van der Waals surface area contributed by atoms with Crippen LogP contribution in [0.4, 0.5) is 0 Å². The Hall–Kier alpha value is -1.86. The van der Waals surface area contributed by atoms with E-state index in [2.05, 4.69) is 27.0 Å². The molecular formula is C12H7BrN2O. The molecule has 0 amide bonds. The summed E-state index contributed by atoms with van der Waals surface area (Å²) < 4.78 is 6.39. The smallest absolute Gasteiger partial charge is 0.219 e. The summed E-state index contributed by atoms with van der Waals surface area (Å²) in [5, 5.41) is 8.74. The number of hydrogen-bond acceptors (Lipinski definition) is 3. The summed E-state index contributed by atoms with van der Waals surface area (Å²) >= 11 is 3.29. The molecule has 0 bridgehead atoms. The Morgan fingerprint density at radius 1 is 1.25 bits per heavy atom.